The molecule has 0 spiro atoms. The Morgan fingerprint density at radius 1 is 0.969 bits per heavy atom. The van der Waals surface area contributed by atoms with E-state index in [0.29, 0.717) is 24.2 Å². The van der Waals surface area contributed by atoms with Gasteiger partial charge in [0.05, 0.1) is 18.4 Å². The zero-order chi connectivity index (χ0) is 22.2. The van der Waals surface area contributed by atoms with Gasteiger partial charge in [-0.05, 0) is 61.7 Å². The zero-order valence-corrected chi connectivity index (χ0v) is 18.8. The normalized spacial score (nSPS) is 20.7. The fourth-order valence-electron chi connectivity index (χ4n) is 5.15. The first-order chi connectivity index (χ1) is 15.6. The van der Waals surface area contributed by atoms with E-state index in [1.54, 1.807) is 7.11 Å². The van der Waals surface area contributed by atoms with E-state index >= 15 is 0 Å². The maximum Gasteiger partial charge on any atom is 0.257 e. The molecule has 0 radical (unpaired) electrons. The Bertz CT molecular complexity index is 1010. The summed E-state index contributed by atoms with van der Waals surface area (Å²) >= 11 is 0. The molecule has 2 aromatic rings. The van der Waals surface area contributed by atoms with Crippen LogP contribution in [-0.4, -0.2) is 74.7 Å². The first-order valence-corrected chi connectivity index (χ1v) is 11.4. The first kappa shape index (κ1) is 20.7. The van der Waals surface area contributed by atoms with E-state index in [0.717, 1.165) is 56.0 Å². The summed E-state index contributed by atoms with van der Waals surface area (Å²) in [4.78, 5) is 34.6. The van der Waals surface area contributed by atoms with E-state index in [1.807, 2.05) is 47.2 Å². The molecule has 5 rings (SSSR count). The molecule has 0 aliphatic carbocycles. The molecule has 7 heteroatoms. The van der Waals surface area contributed by atoms with Crippen molar-refractivity contribution in [2.75, 3.05) is 56.7 Å². The predicted molar refractivity (Wildman–Crippen MR) is 125 cm³/mol. The Morgan fingerprint density at radius 2 is 1.72 bits per heavy atom. The molecule has 0 bridgehead atoms. The number of carbonyl (C=O) groups excluding carboxylic acids is 2. The number of piperazine rings is 1. The average Bonchev–Trinajstić information content (AvgIpc) is 2.86. The highest BCUT2D eigenvalue weighted by Gasteiger charge is 2.37. The number of rotatable bonds is 3. The second-order valence-corrected chi connectivity index (χ2v) is 8.80. The van der Waals surface area contributed by atoms with E-state index in [1.165, 1.54) is 0 Å². The van der Waals surface area contributed by atoms with Gasteiger partial charge in [0.25, 0.3) is 11.8 Å². The number of anilines is 2. The van der Waals surface area contributed by atoms with E-state index in [9.17, 15) is 9.59 Å². The third-order valence-electron chi connectivity index (χ3n) is 7.04. The van der Waals surface area contributed by atoms with Gasteiger partial charge in [-0.2, -0.15) is 0 Å². The quantitative estimate of drug-likeness (QED) is 0.743. The highest BCUT2D eigenvalue weighted by molar-refractivity contribution is 6.04. The number of carbonyl (C=O) groups is 2. The monoisotopic (exact) mass is 434 g/mol. The Morgan fingerprint density at radius 3 is 2.44 bits per heavy atom. The molecule has 0 aromatic heterocycles. The third-order valence-corrected chi connectivity index (χ3v) is 7.04. The lowest BCUT2D eigenvalue weighted by molar-refractivity contribution is 0.0588. The van der Waals surface area contributed by atoms with Gasteiger partial charge in [0.1, 0.15) is 11.9 Å². The van der Waals surface area contributed by atoms with Crippen molar-refractivity contribution in [2.45, 2.75) is 25.4 Å². The molecule has 32 heavy (non-hydrogen) atoms. The maximum atomic E-state index is 13.3. The largest absolute Gasteiger partial charge is 0.497 e. The number of nitrogens with zero attached hydrogens (tertiary/aromatic N) is 4. The van der Waals surface area contributed by atoms with E-state index in [2.05, 4.69) is 21.9 Å². The van der Waals surface area contributed by atoms with Gasteiger partial charge in [-0.3, -0.25) is 9.59 Å². The molecule has 7 nitrogen and oxygen atoms in total. The minimum atomic E-state index is 0.0362. The van der Waals surface area contributed by atoms with Crippen LogP contribution >= 0.6 is 0 Å². The Balaban J connectivity index is 1.29. The minimum absolute atomic E-state index is 0.0362. The van der Waals surface area contributed by atoms with Gasteiger partial charge in [-0.15, -0.1) is 0 Å². The lowest BCUT2D eigenvalue weighted by Gasteiger charge is -2.46. The fraction of sp³-hybridized carbons (Fsp3) is 0.440. The van der Waals surface area contributed by atoms with Crippen LogP contribution in [0.1, 0.15) is 40.0 Å². The van der Waals surface area contributed by atoms with Crippen molar-refractivity contribution in [1.82, 2.24) is 9.80 Å². The number of methoxy groups -OCH3 is 1. The topological polar surface area (TPSA) is 56.3 Å². The maximum absolute atomic E-state index is 13.3. The van der Waals surface area contributed by atoms with Gasteiger partial charge in [0.2, 0.25) is 0 Å². The van der Waals surface area contributed by atoms with Crippen LogP contribution in [0.4, 0.5) is 11.4 Å². The second-order valence-electron chi connectivity index (χ2n) is 8.80. The van der Waals surface area contributed by atoms with E-state index < -0.39 is 0 Å². The SMILES string of the molecule is COc1ccc(N2CCN(C(=O)c3ccc4c(c3)N(C)[C@@H]3CCCCN3C4=O)CC2)cc1. The van der Waals surface area contributed by atoms with E-state index in [-0.39, 0.29) is 18.0 Å². The van der Waals surface area contributed by atoms with Crippen LogP contribution in [0.2, 0.25) is 0 Å². The highest BCUT2D eigenvalue weighted by Crippen LogP contribution is 2.35. The van der Waals surface area contributed by atoms with Crippen molar-refractivity contribution >= 4 is 23.2 Å². The zero-order valence-electron chi connectivity index (χ0n) is 18.8. The molecule has 0 saturated carbocycles. The molecule has 0 unspecified atom stereocenters. The van der Waals surface area contributed by atoms with Gasteiger partial charge in [-0.1, -0.05) is 0 Å². The number of ether oxygens (including phenoxy) is 1. The number of hydrogen-bond acceptors (Lipinski definition) is 5. The van der Waals surface area contributed by atoms with Gasteiger partial charge >= 0.3 is 0 Å². The molecule has 2 aromatic carbocycles. The summed E-state index contributed by atoms with van der Waals surface area (Å²) in [6.45, 7) is 3.74. The van der Waals surface area contributed by atoms with Crippen LogP contribution in [-0.2, 0) is 0 Å². The predicted octanol–water partition coefficient (Wildman–Crippen LogP) is 3.06. The molecule has 3 aliphatic rings. The van der Waals surface area contributed by atoms with Gasteiger partial charge in [0, 0.05) is 51.0 Å². The molecule has 0 N–H and O–H groups in total. The van der Waals surface area contributed by atoms with Crippen molar-refractivity contribution in [1.29, 1.82) is 0 Å². The lowest BCUT2D eigenvalue weighted by Crippen LogP contribution is -2.56. The van der Waals surface area contributed by atoms with Crippen LogP contribution in [0.5, 0.6) is 5.75 Å². The molecule has 1 atom stereocenters. The molecule has 3 aliphatic heterocycles. The summed E-state index contributed by atoms with van der Waals surface area (Å²) in [6, 6.07) is 13.6. The summed E-state index contributed by atoms with van der Waals surface area (Å²) < 4.78 is 5.24. The third kappa shape index (κ3) is 3.55. The van der Waals surface area contributed by atoms with Gasteiger partial charge < -0.3 is 24.3 Å². The molecule has 2 amide bonds. The van der Waals surface area contributed by atoms with Crippen LogP contribution in [0.3, 0.4) is 0 Å². The number of benzene rings is 2. The molecular weight excluding hydrogens is 404 g/mol. The summed E-state index contributed by atoms with van der Waals surface area (Å²) in [5, 5.41) is 0. The van der Waals surface area contributed by atoms with Crippen LogP contribution in [0, 0.1) is 0 Å². The standard InChI is InChI=1S/C25H30N4O3/c1-26-22-17-18(6-11-21(22)25(31)29-12-4-3-5-23(26)29)24(30)28-15-13-27(14-16-28)19-7-9-20(32-2)10-8-19/h6-11,17,23H,3-5,12-16H2,1-2H3/t23-/m0/s1. The van der Waals surface area contributed by atoms with Gasteiger partial charge in [0.15, 0.2) is 0 Å². The summed E-state index contributed by atoms with van der Waals surface area (Å²) in [5.74, 6) is 0.971. The van der Waals surface area contributed by atoms with Crippen molar-refractivity contribution in [2.24, 2.45) is 0 Å². The summed E-state index contributed by atoms with van der Waals surface area (Å²) in [6.07, 6.45) is 3.27. The van der Waals surface area contributed by atoms with Crippen molar-refractivity contribution in [3.05, 3.63) is 53.6 Å². The Hall–Kier alpha value is -3.22. The van der Waals surface area contributed by atoms with E-state index in [4.69, 9.17) is 4.74 Å². The second kappa shape index (κ2) is 8.37. The number of amides is 2. The molecule has 168 valence electrons. The van der Waals surface area contributed by atoms with Crippen molar-refractivity contribution in [3.63, 3.8) is 0 Å². The lowest BCUT2D eigenvalue weighted by atomic mass is 9.97. The number of piperidine rings is 1. The number of fused-ring (bicyclic) bond motifs is 2. The molecular formula is C25H30N4O3. The molecule has 3 heterocycles. The smallest absolute Gasteiger partial charge is 0.257 e. The fourth-order valence-corrected chi connectivity index (χ4v) is 5.15. The molecule has 2 saturated heterocycles. The first-order valence-electron chi connectivity index (χ1n) is 11.4. The van der Waals surface area contributed by atoms with Crippen molar-refractivity contribution in [3.8, 4) is 5.75 Å². The highest BCUT2D eigenvalue weighted by atomic mass is 16.5. The van der Waals surface area contributed by atoms with Gasteiger partial charge in [-0.25, -0.2) is 0 Å². The van der Waals surface area contributed by atoms with Crippen LogP contribution < -0.4 is 14.5 Å². The minimum Gasteiger partial charge on any atom is -0.497 e. The molecule has 2 fully saturated rings. The Labute approximate surface area is 189 Å². The van der Waals surface area contributed by atoms with Crippen LogP contribution in [0.25, 0.3) is 0 Å². The van der Waals surface area contributed by atoms with Crippen molar-refractivity contribution < 1.29 is 14.3 Å². The number of hydrogen-bond donors (Lipinski definition) is 0. The summed E-state index contributed by atoms with van der Waals surface area (Å²) in [5.41, 5.74) is 3.38. The summed E-state index contributed by atoms with van der Waals surface area (Å²) in [7, 11) is 3.70. The Kier molecular flexibility index (Phi) is 5.41. The average molecular weight is 435 g/mol. The van der Waals surface area contributed by atoms with Crippen LogP contribution in [0.15, 0.2) is 42.5 Å².